The Kier molecular flexibility index (Phi) is 4.62. The van der Waals surface area contributed by atoms with Crippen LogP contribution in [0.2, 0.25) is 0 Å². The predicted octanol–water partition coefficient (Wildman–Crippen LogP) is 4.71. The molecule has 0 aliphatic carbocycles. The van der Waals surface area contributed by atoms with Crippen molar-refractivity contribution in [3.63, 3.8) is 0 Å². The first-order chi connectivity index (χ1) is 9.71. The standard InChI is InChI=1S/C19H23N/c1-5-8-10-17-13-19-18(9-6-2)16(7-3)11-12-20(19)14-15(17)4/h5-10,13H,2,4,11-12,14H2,1,3H3/b8-5-,16-7-,17-10-,18-9+. The lowest BCUT2D eigenvalue weighted by Gasteiger charge is -2.39. The monoisotopic (exact) mass is 265 g/mol. The summed E-state index contributed by atoms with van der Waals surface area (Å²) < 4.78 is 0. The molecule has 2 rings (SSSR count). The summed E-state index contributed by atoms with van der Waals surface area (Å²) in [6, 6.07) is 0. The molecule has 1 nitrogen and oxygen atoms in total. The molecule has 1 heteroatoms. The average Bonchev–Trinajstić information content (AvgIpc) is 2.46. The highest BCUT2D eigenvalue weighted by Gasteiger charge is 2.26. The average molecular weight is 265 g/mol. The van der Waals surface area contributed by atoms with Crippen LogP contribution >= 0.6 is 0 Å². The number of rotatable bonds is 2. The van der Waals surface area contributed by atoms with Gasteiger partial charge in [-0.15, -0.1) is 0 Å². The topological polar surface area (TPSA) is 3.24 Å². The maximum atomic E-state index is 4.21. The van der Waals surface area contributed by atoms with E-state index in [0.29, 0.717) is 0 Å². The van der Waals surface area contributed by atoms with E-state index < -0.39 is 0 Å². The number of nitrogens with zero attached hydrogens (tertiary/aromatic N) is 1. The summed E-state index contributed by atoms with van der Waals surface area (Å²) in [6.45, 7) is 14.2. The number of fused-ring (bicyclic) bond motifs is 1. The first-order valence-corrected chi connectivity index (χ1v) is 7.17. The van der Waals surface area contributed by atoms with Gasteiger partial charge in [-0.1, -0.05) is 49.6 Å². The summed E-state index contributed by atoms with van der Waals surface area (Å²) in [5.74, 6) is 0. The highest BCUT2D eigenvalue weighted by molar-refractivity contribution is 5.57. The smallest absolute Gasteiger partial charge is 0.0451 e. The third kappa shape index (κ3) is 2.77. The Morgan fingerprint density at radius 1 is 1.25 bits per heavy atom. The van der Waals surface area contributed by atoms with Crippen LogP contribution in [0.25, 0.3) is 0 Å². The van der Waals surface area contributed by atoms with Gasteiger partial charge in [-0.2, -0.15) is 0 Å². The lowest BCUT2D eigenvalue weighted by Crippen LogP contribution is -2.34. The summed E-state index contributed by atoms with van der Waals surface area (Å²) >= 11 is 0. The zero-order valence-electron chi connectivity index (χ0n) is 12.5. The lowest BCUT2D eigenvalue weighted by atomic mass is 9.88. The molecule has 0 spiro atoms. The number of allylic oxidation sites excluding steroid dienone is 8. The van der Waals surface area contributed by atoms with E-state index in [1.165, 1.54) is 28.0 Å². The first kappa shape index (κ1) is 14.4. The van der Waals surface area contributed by atoms with Crippen LogP contribution in [-0.2, 0) is 0 Å². The fourth-order valence-electron chi connectivity index (χ4n) is 2.73. The zero-order valence-corrected chi connectivity index (χ0v) is 12.5. The number of hydrogen-bond donors (Lipinski definition) is 0. The van der Waals surface area contributed by atoms with E-state index in [4.69, 9.17) is 0 Å². The lowest BCUT2D eigenvalue weighted by molar-refractivity contribution is 0.362. The molecule has 2 aliphatic heterocycles. The van der Waals surface area contributed by atoms with Crippen molar-refractivity contribution in [2.75, 3.05) is 13.1 Å². The molecule has 0 atom stereocenters. The maximum Gasteiger partial charge on any atom is 0.0451 e. The summed E-state index contributed by atoms with van der Waals surface area (Å²) in [4.78, 5) is 2.41. The second-order valence-corrected chi connectivity index (χ2v) is 5.08. The molecule has 104 valence electrons. The van der Waals surface area contributed by atoms with Gasteiger partial charge in [0.15, 0.2) is 0 Å². The van der Waals surface area contributed by atoms with Crippen LogP contribution in [0.4, 0.5) is 0 Å². The van der Waals surface area contributed by atoms with Crippen LogP contribution in [-0.4, -0.2) is 18.0 Å². The van der Waals surface area contributed by atoms with Gasteiger partial charge in [0.2, 0.25) is 0 Å². The maximum absolute atomic E-state index is 4.21. The van der Waals surface area contributed by atoms with E-state index in [1.54, 1.807) is 0 Å². The highest BCUT2D eigenvalue weighted by atomic mass is 15.1. The third-order valence-electron chi connectivity index (χ3n) is 3.80. The SMILES string of the molecule is C=C/C=C1C2=C/C(=C/C=C\C)C(=C)CN2CCC/1=C/C. The van der Waals surface area contributed by atoms with Crippen molar-refractivity contribution in [1.29, 1.82) is 0 Å². The Balaban J connectivity index is 2.49. The fraction of sp³-hybridized carbons (Fsp3) is 0.263. The van der Waals surface area contributed by atoms with E-state index in [-0.39, 0.29) is 0 Å². The van der Waals surface area contributed by atoms with Gasteiger partial charge < -0.3 is 4.90 Å². The number of hydrogen-bond acceptors (Lipinski definition) is 1. The van der Waals surface area contributed by atoms with E-state index in [1.807, 2.05) is 19.1 Å². The van der Waals surface area contributed by atoms with E-state index >= 15 is 0 Å². The van der Waals surface area contributed by atoms with Crippen LogP contribution < -0.4 is 0 Å². The normalized spacial score (nSPS) is 25.5. The van der Waals surface area contributed by atoms with Crippen molar-refractivity contribution in [2.45, 2.75) is 20.3 Å². The second kappa shape index (κ2) is 6.42. The van der Waals surface area contributed by atoms with Crippen LogP contribution in [0.1, 0.15) is 20.3 Å². The van der Waals surface area contributed by atoms with E-state index in [2.05, 4.69) is 55.4 Å². The molecule has 0 aromatic heterocycles. The van der Waals surface area contributed by atoms with Crippen LogP contribution in [0, 0.1) is 0 Å². The van der Waals surface area contributed by atoms with Crippen LogP contribution in [0.15, 0.2) is 83.7 Å². The molecule has 0 radical (unpaired) electrons. The van der Waals surface area contributed by atoms with Gasteiger partial charge in [0.25, 0.3) is 0 Å². The van der Waals surface area contributed by atoms with Crippen LogP contribution in [0.3, 0.4) is 0 Å². The quantitative estimate of drug-likeness (QED) is 0.699. The summed E-state index contributed by atoms with van der Waals surface area (Å²) in [7, 11) is 0. The molecule has 0 amide bonds. The largest absolute Gasteiger partial charge is 0.366 e. The Labute approximate surface area is 122 Å². The first-order valence-electron chi connectivity index (χ1n) is 7.17. The van der Waals surface area contributed by atoms with Crippen molar-refractivity contribution in [1.82, 2.24) is 4.90 Å². The second-order valence-electron chi connectivity index (χ2n) is 5.08. The molecule has 0 unspecified atom stereocenters. The van der Waals surface area contributed by atoms with Gasteiger partial charge in [0.05, 0.1) is 0 Å². The predicted molar refractivity (Wildman–Crippen MR) is 88.3 cm³/mol. The van der Waals surface area contributed by atoms with Crippen molar-refractivity contribution in [3.8, 4) is 0 Å². The zero-order chi connectivity index (χ0) is 14.5. The Morgan fingerprint density at radius 2 is 2.05 bits per heavy atom. The fourth-order valence-corrected chi connectivity index (χ4v) is 2.73. The molecule has 0 aromatic carbocycles. The minimum Gasteiger partial charge on any atom is -0.366 e. The molecule has 0 N–H and O–H groups in total. The van der Waals surface area contributed by atoms with Gasteiger partial charge >= 0.3 is 0 Å². The van der Waals surface area contributed by atoms with Gasteiger partial charge in [-0.25, -0.2) is 0 Å². The molecule has 0 saturated carbocycles. The van der Waals surface area contributed by atoms with Gasteiger partial charge in [-0.3, -0.25) is 0 Å². The molecular formula is C19H23N. The molecular weight excluding hydrogens is 242 g/mol. The van der Waals surface area contributed by atoms with Crippen molar-refractivity contribution < 1.29 is 0 Å². The Hall–Kier alpha value is -2.02. The summed E-state index contributed by atoms with van der Waals surface area (Å²) in [5.41, 5.74) is 6.42. The van der Waals surface area contributed by atoms with Gasteiger partial charge in [0.1, 0.15) is 0 Å². The Bertz CT molecular complexity index is 565. The molecule has 2 aliphatic rings. The van der Waals surface area contributed by atoms with E-state index in [0.717, 1.165) is 19.5 Å². The Morgan fingerprint density at radius 3 is 2.70 bits per heavy atom. The summed E-state index contributed by atoms with van der Waals surface area (Å²) in [5, 5.41) is 0. The molecule has 1 fully saturated rings. The minimum atomic E-state index is 0.917. The summed E-state index contributed by atoms with van der Waals surface area (Å²) in [6.07, 6.45) is 15.8. The van der Waals surface area contributed by atoms with Gasteiger partial charge in [-0.05, 0) is 43.1 Å². The van der Waals surface area contributed by atoms with Gasteiger partial charge in [0, 0.05) is 24.4 Å². The minimum absolute atomic E-state index is 0.917. The van der Waals surface area contributed by atoms with Crippen molar-refractivity contribution in [2.24, 2.45) is 0 Å². The van der Waals surface area contributed by atoms with Crippen molar-refractivity contribution in [3.05, 3.63) is 83.7 Å². The molecule has 0 bridgehead atoms. The number of piperidine rings is 1. The molecule has 0 aromatic rings. The van der Waals surface area contributed by atoms with Crippen molar-refractivity contribution >= 4 is 0 Å². The molecule has 1 saturated heterocycles. The van der Waals surface area contributed by atoms with E-state index in [9.17, 15) is 0 Å². The highest BCUT2D eigenvalue weighted by Crippen LogP contribution is 2.36. The molecule has 2 heterocycles. The van der Waals surface area contributed by atoms with Crippen LogP contribution in [0.5, 0.6) is 0 Å². The molecule has 20 heavy (non-hydrogen) atoms. The third-order valence-corrected chi connectivity index (χ3v) is 3.80.